The maximum Gasteiger partial charge on any atom is 0.277 e. The Labute approximate surface area is 198 Å². The molecule has 0 fully saturated rings. The molecule has 0 atom stereocenters. The number of carbonyl (C=O) groups excluding carboxylic acids is 1. The zero-order valence-electron chi connectivity index (χ0n) is 18.6. The molecule has 3 aromatic rings. The third-order valence-corrected chi connectivity index (χ3v) is 8.41. The van der Waals surface area contributed by atoms with Crippen LogP contribution < -0.4 is 4.90 Å². The molecule has 33 heavy (non-hydrogen) atoms. The van der Waals surface area contributed by atoms with Crippen LogP contribution in [-0.2, 0) is 21.2 Å². The van der Waals surface area contributed by atoms with E-state index in [9.17, 15) is 13.2 Å². The molecule has 1 aromatic heterocycles. The summed E-state index contributed by atoms with van der Waals surface area (Å²) < 4.78 is 32.7. The number of aryl methyl sites for hydroxylation is 1. The number of hydrogen-bond donors (Lipinski definition) is 0. The normalized spacial score (nSPS) is 13.8. The quantitative estimate of drug-likeness (QED) is 0.446. The number of fused-ring (bicyclic) bond motifs is 1. The van der Waals surface area contributed by atoms with E-state index >= 15 is 0 Å². The number of hydrogen-bond acceptors (Lipinski definition) is 7. The summed E-state index contributed by atoms with van der Waals surface area (Å²) in [5.41, 5.74) is 2.66. The van der Waals surface area contributed by atoms with Gasteiger partial charge in [-0.3, -0.25) is 4.79 Å². The van der Waals surface area contributed by atoms with E-state index in [4.69, 9.17) is 4.42 Å². The molecule has 8 nitrogen and oxygen atoms in total. The van der Waals surface area contributed by atoms with Crippen LogP contribution in [0.4, 0.5) is 5.69 Å². The Kier molecular flexibility index (Phi) is 7.16. The summed E-state index contributed by atoms with van der Waals surface area (Å²) in [7, 11) is -3.60. The van der Waals surface area contributed by atoms with Crippen LogP contribution in [0.25, 0.3) is 11.5 Å². The molecule has 0 bridgehead atoms. The van der Waals surface area contributed by atoms with E-state index in [-0.39, 0.29) is 27.7 Å². The van der Waals surface area contributed by atoms with Crippen LogP contribution in [0.3, 0.4) is 0 Å². The average molecular weight is 487 g/mol. The number of carbonyl (C=O) groups is 1. The topological polar surface area (TPSA) is 96.6 Å². The number of benzene rings is 2. The van der Waals surface area contributed by atoms with Gasteiger partial charge in [-0.15, -0.1) is 10.2 Å². The van der Waals surface area contributed by atoms with Crippen LogP contribution in [0, 0.1) is 0 Å². The number of sulfonamides is 1. The Hall–Kier alpha value is -2.69. The zero-order valence-corrected chi connectivity index (χ0v) is 20.2. The molecule has 2 heterocycles. The maximum absolute atomic E-state index is 12.8. The Morgan fingerprint density at radius 3 is 2.70 bits per heavy atom. The molecular formula is C23H26N4O4S2. The van der Waals surface area contributed by atoms with Crippen LogP contribution in [-0.4, -0.2) is 54.2 Å². The minimum absolute atomic E-state index is 0.0146. The van der Waals surface area contributed by atoms with Crippen LogP contribution in [0.15, 0.2) is 63.1 Å². The molecule has 174 valence electrons. The highest BCUT2D eigenvalue weighted by Crippen LogP contribution is 2.29. The number of anilines is 1. The molecule has 1 aliphatic rings. The first kappa shape index (κ1) is 23.5. The molecule has 0 N–H and O–H groups in total. The number of nitrogens with zero attached hydrogens (tertiary/aromatic N) is 4. The van der Waals surface area contributed by atoms with Crippen molar-refractivity contribution in [1.29, 1.82) is 0 Å². The molecule has 1 amide bonds. The Balaban J connectivity index is 1.46. The highest BCUT2D eigenvalue weighted by molar-refractivity contribution is 7.99. The van der Waals surface area contributed by atoms with Crippen molar-refractivity contribution in [3.05, 3.63) is 54.1 Å². The van der Waals surface area contributed by atoms with Gasteiger partial charge in [0.1, 0.15) is 0 Å². The number of rotatable bonds is 8. The van der Waals surface area contributed by atoms with E-state index in [1.54, 1.807) is 32.0 Å². The van der Waals surface area contributed by atoms with E-state index in [1.807, 2.05) is 23.1 Å². The smallest absolute Gasteiger partial charge is 0.277 e. The summed E-state index contributed by atoms with van der Waals surface area (Å²) >= 11 is 1.18. The lowest BCUT2D eigenvalue weighted by molar-refractivity contribution is -0.116. The second-order valence-electron chi connectivity index (χ2n) is 7.56. The first-order valence-corrected chi connectivity index (χ1v) is 13.3. The lowest BCUT2D eigenvalue weighted by atomic mass is 10.0. The maximum atomic E-state index is 12.8. The van der Waals surface area contributed by atoms with Gasteiger partial charge in [-0.2, -0.15) is 4.31 Å². The van der Waals surface area contributed by atoms with Crippen molar-refractivity contribution in [2.24, 2.45) is 0 Å². The second-order valence-corrected chi connectivity index (χ2v) is 10.4. The molecule has 0 spiro atoms. The number of para-hydroxylation sites is 1. The number of thioether (sulfide) groups is 1. The summed E-state index contributed by atoms with van der Waals surface area (Å²) in [5, 5.41) is 8.34. The first-order chi connectivity index (χ1) is 15.9. The molecule has 0 aliphatic carbocycles. The monoisotopic (exact) mass is 486 g/mol. The first-order valence-electron chi connectivity index (χ1n) is 10.9. The fourth-order valence-corrected chi connectivity index (χ4v) is 6.02. The van der Waals surface area contributed by atoms with Crippen LogP contribution in [0.5, 0.6) is 0 Å². The molecule has 0 saturated heterocycles. The van der Waals surface area contributed by atoms with E-state index in [1.165, 1.54) is 27.7 Å². The van der Waals surface area contributed by atoms with E-state index < -0.39 is 10.0 Å². The minimum atomic E-state index is -3.60. The van der Waals surface area contributed by atoms with Crippen molar-refractivity contribution in [3.8, 4) is 11.5 Å². The van der Waals surface area contributed by atoms with Crippen molar-refractivity contribution in [2.75, 3.05) is 30.3 Å². The van der Waals surface area contributed by atoms with E-state index in [0.717, 1.165) is 18.5 Å². The molecule has 1 aliphatic heterocycles. The van der Waals surface area contributed by atoms with Gasteiger partial charge >= 0.3 is 0 Å². The molecule has 0 radical (unpaired) electrons. The fourth-order valence-electron chi connectivity index (χ4n) is 3.88. The van der Waals surface area contributed by atoms with E-state index in [2.05, 4.69) is 16.3 Å². The van der Waals surface area contributed by atoms with Gasteiger partial charge in [-0.25, -0.2) is 8.42 Å². The summed E-state index contributed by atoms with van der Waals surface area (Å²) in [4.78, 5) is 14.8. The number of amides is 1. The molecule has 2 aromatic carbocycles. The van der Waals surface area contributed by atoms with Crippen molar-refractivity contribution in [3.63, 3.8) is 0 Å². The van der Waals surface area contributed by atoms with Crippen molar-refractivity contribution >= 4 is 33.4 Å². The summed E-state index contributed by atoms with van der Waals surface area (Å²) in [6.07, 6.45) is 1.91. The lowest BCUT2D eigenvalue weighted by Crippen LogP contribution is -2.36. The van der Waals surface area contributed by atoms with Crippen molar-refractivity contribution in [2.45, 2.75) is 36.8 Å². The van der Waals surface area contributed by atoms with Crippen LogP contribution in [0.2, 0.25) is 0 Å². The fraction of sp³-hybridized carbons (Fsp3) is 0.348. The van der Waals surface area contributed by atoms with Crippen molar-refractivity contribution < 1.29 is 17.6 Å². The minimum Gasteiger partial charge on any atom is -0.411 e. The predicted molar refractivity (Wildman–Crippen MR) is 128 cm³/mol. The van der Waals surface area contributed by atoms with Gasteiger partial charge in [0.25, 0.3) is 5.22 Å². The highest BCUT2D eigenvalue weighted by atomic mass is 32.2. The summed E-state index contributed by atoms with van der Waals surface area (Å²) in [5.74, 6) is 0.371. The Morgan fingerprint density at radius 2 is 1.91 bits per heavy atom. The van der Waals surface area contributed by atoms with Gasteiger partial charge in [-0.05, 0) is 42.7 Å². The van der Waals surface area contributed by atoms with Crippen molar-refractivity contribution in [1.82, 2.24) is 14.5 Å². The third kappa shape index (κ3) is 4.97. The van der Waals surface area contributed by atoms with Gasteiger partial charge in [0.15, 0.2) is 0 Å². The predicted octanol–water partition coefficient (Wildman–Crippen LogP) is 3.84. The molecule has 10 heteroatoms. The molecular weight excluding hydrogens is 460 g/mol. The van der Waals surface area contributed by atoms with Gasteiger partial charge in [0, 0.05) is 30.9 Å². The summed E-state index contributed by atoms with van der Waals surface area (Å²) in [6, 6.07) is 14.4. The number of aromatic nitrogens is 2. The summed E-state index contributed by atoms with van der Waals surface area (Å²) in [6.45, 7) is 5.07. The average Bonchev–Trinajstić information content (AvgIpc) is 3.32. The highest BCUT2D eigenvalue weighted by Gasteiger charge is 2.24. The van der Waals surface area contributed by atoms with Gasteiger partial charge in [0.2, 0.25) is 21.8 Å². The third-order valence-electron chi connectivity index (χ3n) is 5.56. The van der Waals surface area contributed by atoms with Crippen LogP contribution >= 0.6 is 11.8 Å². The molecule has 0 unspecified atom stereocenters. The Morgan fingerprint density at radius 1 is 1.12 bits per heavy atom. The Bertz CT molecular complexity index is 1240. The second kappa shape index (κ2) is 10.1. The van der Waals surface area contributed by atoms with Gasteiger partial charge in [0.05, 0.1) is 10.6 Å². The van der Waals surface area contributed by atoms with E-state index in [0.29, 0.717) is 25.2 Å². The zero-order chi connectivity index (χ0) is 23.4. The van der Waals surface area contributed by atoms with Gasteiger partial charge < -0.3 is 9.32 Å². The molecule has 0 saturated carbocycles. The standard InChI is InChI=1S/C23H26N4O4S2/c1-3-26(4-2)33(29,30)19-12-7-10-18(15-19)22-24-25-23(31-22)32-16-21(28)27-14-8-11-17-9-5-6-13-20(17)27/h5-7,9-10,12-13,15H,3-4,8,11,14,16H2,1-2H3. The van der Waals surface area contributed by atoms with Gasteiger partial charge in [-0.1, -0.05) is 49.9 Å². The lowest BCUT2D eigenvalue weighted by Gasteiger charge is -2.29. The van der Waals surface area contributed by atoms with Crippen LogP contribution in [0.1, 0.15) is 25.8 Å². The SMILES string of the molecule is CCN(CC)S(=O)(=O)c1cccc(-c2nnc(SCC(=O)N3CCCc4ccccc43)o2)c1. The molecule has 4 rings (SSSR count). The largest absolute Gasteiger partial charge is 0.411 e.